The molecule has 140 valence electrons. The van der Waals surface area contributed by atoms with E-state index < -0.39 is 11.7 Å². The third-order valence-electron chi connectivity index (χ3n) is 3.21. The third-order valence-corrected chi connectivity index (χ3v) is 3.21. The van der Waals surface area contributed by atoms with E-state index in [9.17, 15) is 4.79 Å². The smallest absolute Gasteiger partial charge is 0.408 e. The van der Waals surface area contributed by atoms with Gasteiger partial charge in [0.15, 0.2) is 5.96 Å². The molecule has 0 aliphatic heterocycles. The Morgan fingerprint density at radius 3 is 2.40 bits per heavy atom. The number of rotatable bonds is 7. The zero-order valence-electron chi connectivity index (χ0n) is 16.1. The minimum atomic E-state index is -0.536. The third kappa shape index (κ3) is 8.98. The second kappa shape index (κ2) is 10.6. The van der Waals surface area contributed by atoms with Gasteiger partial charge in [-0.15, -0.1) is 0 Å². The molecule has 0 aliphatic rings. The number of carbonyl (C=O) groups excluding carboxylic acids is 1. The zero-order valence-corrected chi connectivity index (χ0v) is 16.1. The lowest BCUT2D eigenvalue weighted by Crippen LogP contribution is -2.39. The Morgan fingerprint density at radius 1 is 1.16 bits per heavy atom. The van der Waals surface area contributed by atoms with Gasteiger partial charge in [0.2, 0.25) is 0 Å². The van der Waals surface area contributed by atoms with E-state index in [1.807, 2.05) is 58.0 Å². The van der Waals surface area contributed by atoms with Crippen LogP contribution in [-0.2, 0) is 4.74 Å². The highest BCUT2D eigenvalue weighted by Gasteiger charge is 2.20. The van der Waals surface area contributed by atoms with E-state index in [2.05, 4.69) is 27.9 Å². The van der Waals surface area contributed by atoms with Gasteiger partial charge in [0.1, 0.15) is 5.60 Å². The number of benzene rings is 1. The van der Waals surface area contributed by atoms with Gasteiger partial charge in [-0.1, -0.05) is 37.3 Å². The second-order valence-electron chi connectivity index (χ2n) is 6.76. The van der Waals surface area contributed by atoms with Gasteiger partial charge in [-0.25, -0.2) is 4.79 Å². The first-order valence-corrected chi connectivity index (χ1v) is 8.92. The summed E-state index contributed by atoms with van der Waals surface area (Å²) in [6, 6.07) is 9.54. The molecule has 6 nitrogen and oxygen atoms in total. The molecule has 0 aromatic heterocycles. The van der Waals surface area contributed by atoms with Crippen LogP contribution in [0.2, 0.25) is 0 Å². The number of hydrogen-bond acceptors (Lipinski definition) is 3. The Balaban J connectivity index is 2.85. The van der Waals surface area contributed by atoms with Crippen LogP contribution >= 0.6 is 0 Å². The molecule has 0 radical (unpaired) electrons. The van der Waals surface area contributed by atoms with E-state index in [4.69, 9.17) is 4.74 Å². The number of hydrogen-bond donors (Lipinski definition) is 3. The van der Waals surface area contributed by atoms with Gasteiger partial charge in [-0.2, -0.15) is 0 Å². The van der Waals surface area contributed by atoms with Crippen LogP contribution in [0.1, 0.15) is 52.6 Å². The van der Waals surface area contributed by atoms with Gasteiger partial charge in [-0.05, 0) is 39.7 Å². The van der Waals surface area contributed by atoms with Crippen molar-refractivity contribution in [1.82, 2.24) is 16.0 Å². The molecule has 3 N–H and O–H groups in total. The highest BCUT2D eigenvalue weighted by molar-refractivity contribution is 5.79. The molecule has 1 atom stereocenters. The van der Waals surface area contributed by atoms with Gasteiger partial charge < -0.3 is 20.7 Å². The van der Waals surface area contributed by atoms with E-state index in [1.54, 1.807) is 0 Å². The Kier molecular flexibility index (Phi) is 8.81. The zero-order chi connectivity index (χ0) is 18.7. The van der Waals surface area contributed by atoms with Crippen molar-refractivity contribution in [2.75, 3.05) is 19.6 Å². The minimum absolute atomic E-state index is 0.256. The summed E-state index contributed by atoms with van der Waals surface area (Å²) >= 11 is 0. The monoisotopic (exact) mass is 348 g/mol. The van der Waals surface area contributed by atoms with Gasteiger partial charge in [0.25, 0.3) is 0 Å². The molecule has 1 aromatic carbocycles. The number of guanidine groups is 1. The quantitative estimate of drug-likeness (QED) is 0.522. The summed E-state index contributed by atoms with van der Waals surface area (Å²) in [5.74, 6) is 0.747. The summed E-state index contributed by atoms with van der Waals surface area (Å²) < 4.78 is 5.38. The van der Waals surface area contributed by atoms with E-state index >= 15 is 0 Å². The largest absolute Gasteiger partial charge is 0.444 e. The molecule has 1 unspecified atom stereocenters. The molecule has 0 heterocycles. The normalized spacial score (nSPS) is 13.1. The standard InChI is InChI=1S/C19H32N4O2/c1-6-13-21-17(20-7-2)22-14-16(15-11-9-8-10-12-15)23-18(24)25-19(3,4)5/h8-12,16H,6-7,13-14H2,1-5H3,(H,23,24)(H2,20,21,22). The SMILES string of the molecule is CCCNC(=NCC(NC(=O)OC(C)(C)C)c1ccccc1)NCC. The number of amides is 1. The highest BCUT2D eigenvalue weighted by atomic mass is 16.6. The van der Waals surface area contributed by atoms with E-state index in [1.165, 1.54) is 0 Å². The second-order valence-corrected chi connectivity index (χ2v) is 6.76. The molecule has 0 spiro atoms. The van der Waals surface area contributed by atoms with Crippen molar-refractivity contribution in [1.29, 1.82) is 0 Å². The van der Waals surface area contributed by atoms with Crippen molar-refractivity contribution < 1.29 is 9.53 Å². The van der Waals surface area contributed by atoms with Crippen LogP contribution in [0.5, 0.6) is 0 Å². The van der Waals surface area contributed by atoms with Gasteiger partial charge >= 0.3 is 6.09 Å². The van der Waals surface area contributed by atoms with Crippen molar-refractivity contribution >= 4 is 12.1 Å². The van der Waals surface area contributed by atoms with Crippen molar-refractivity contribution in [3.05, 3.63) is 35.9 Å². The molecule has 0 saturated carbocycles. The maximum Gasteiger partial charge on any atom is 0.408 e. The van der Waals surface area contributed by atoms with Crippen LogP contribution in [0.3, 0.4) is 0 Å². The summed E-state index contributed by atoms with van der Waals surface area (Å²) in [6.07, 6.45) is 0.575. The molecule has 0 bridgehead atoms. The number of nitrogens with zero attached hydrogens (tertiary/aromatic N) is 1. The van der Waals surface area contributed by atoms with Crippen molar-refractivity contribution in [2.45, 2.75) is 52.7 Å². The maximum absolute atomic E-state index is 12.2. The number of aliphatic imine (C=N–C) groups is 1. The predicted molar refractivity (Wildman–Crippen MR) is 103 cm³/mol. The number of alkyl carbamates (subject to hydrolysis) is 1. The summed E-state index contributed by atoms with van der Waals surface area (Å²) in [7, 11) is 0. The lowest BCUT2D eigenvalue weighted by molar-refractivity contribution is 0.0505. The van der Waals surface area contributed by atoms with Gasteiger partial charge in [-0.3, -0.25) is 4.99 Å². The molecular formula is C19H32N4O2. The lowest BCUT2D eigenvalue weighted by atomic mass is 10.1. The summed E-state index contributed by atoms with van der Waals surface area (Å²) in [4.78, 5) is 16.8. The highest BCUT2D eigenvalue weighted by Crippen LogP contribution is 2.15. The van der Waals surface area contributed by atoms with E-state index in [0.717, 1.165) is 31.0 Å². The molecule has 0 fully saturated rings. The molecule has 1 aromatic rings. The molecule has 1 amide bonds. The topological polar surface area (TPSA) is 74.8 Å². The van der Waals surface area contributed by atoms with Crippen molar-refractivity contribution in [3.63, 3.8) is 0 Å². The predicted octanol–water partition coefficient (Wildman–Crippen LogP) is 3.22. The van der Waals surface area contributed by atoms with Crippen LogP contribution in [0, 0.1) is 0 Å². The van der Waals surface area contributed by atoms with Crippen LogP contribution in [0.4, 0.5) is 4.79 Å². The summed E-state index contributed by atoms with van der Waals surface area (Å²) in [5.41, 5.74) is 0.454. The molecule has 25 heavy (non-hydrogen) atoms. The average molecular weight is 348 g/mol. The van der Waals surface area contributed by atoms with Crippen LogP contribution in [-0.4, -0.2) is 37.3 Å². The fraction of sp³-hybridized carbons (Fsp3) is 0.579. The molecule has 6 heteroatoms. The number of ether oxygens (including phenoxy) is 1. The summed E-state index contributed by atoms with van der Waals surface area (Å²) in [6.45, 7) is 11.7. The maximum atomic E-state index is 12.2. The molecule has 0 aliphatic carbocycles. The first kappa shape index (κ1) is 20.8. The van der Waals surface area contributed by atoms with Crippen molar-refractivity contribution in [3.8, 4) is 0 Å². The fourth-order valence-corrected chi connectivity index (χ4v) is 2.14. The van der Waals surface area contributed by atoms with Crippen LogP contribution in [0.25, 0.3) is 0 Å². The Bertz CT molecular complexity index is 538. The lowest BCUT2D eigenvalue weighted by Gasteiger charge is -2.23. The first-order valence-electron chi connectivity index (χ1n) is 8.92. The van der Waals surface area contributed by atoms with E-state index in [-0.39, 0.29) is 6.04 Å². The van der Waals surface area contributed by atoms with Crippen LogP contribution in [0.15, 0.2) is 35.3 Å². The Labute approximate surface area is 151 Å². The fourth-order valence-electron chi connectivity index (χ4n) is 2.14. The Morgan fingerprint density at radius 2 is 1.84 bits per heavy atom. The molecule has 1 rings (SSSR count). The Hall–Kier alpha value is -2.24. The molecule has 0 saturated heterocycles. The van der Waals surface area contributed by atoms with Crippen LogP contribution < -0.4 is 16.0 Å². The minimum Gasteiger partial charge on any atom is -0.444 e. The number of carbonyl (C=O) groups is 1. The van der Waals surface area contributed by atoms with Gasteiger partial charge in [0, 0.05) is 13.1 Å². The average Bonchev–Trinajstić information content (AvgIpc) is 2.55. The van der Waals surface area contributed by atoms with Gasteiger partial charge in [0.05, 0.1) is 12.6 Å². The molecular weight excluding hydrogens is 316 g/mol. The first-order chi connectivity index (χ1) is 11.9. The number of nitrogens with one attached hydrogen (secondary N) is 3. The van der Waals surface area contributed by atoms with Crippen molar-refractivity contribution in [2.24, 2.45) is 4.99 Å². The summed E-state index contributed by atoms with van der Waals surface area (Å²) in [5, 5.41) is 9.39. The van der Waals surface area contributed by atoms with E-state index in [0.29, 0.717) is 6.54 Å².